The zero-order chi connectivity index (χ0) is 16.1. The third kappa shape index (κ3) is 3.92. The fraction of sp³-hybridized carbons (Fsp3) is 0.500. The minimum absolute atomic E-state index is 0.133. The molecule has 23 heavy (non-hydrogen) atoms. The van der Waals surface area contributed by atoms with Gasteiger partial charge in [-0.2, -0.15) is 0 Å². The standard InChI is InChI=1S/C16H20N4O3/c1-2-13-8-15(23-19-13)16(21)20-5-6-22-11-12(10-20)7-14-9-17-3-4-18-14/h3-4,8-9,12H,2,5-7,10-11H2,1H3/t12-/m1/s1. The quantitative estimate of drug-likeness (QED) is 0.847. The van der Waals surface area contributed by atoms with E-state index in [1.807, 2.05) is 6.92 Å². The molecule has 1 aliphatic rings. The van der Waals surface area contributed by atoms with Gasteiger partial charge in [0, 0.05) is 43.7 Å². The molecule has 1 fully saturated rings. The van der Waals surface area contributed by atoms with Crippen LogP contribution in [0.2, 0.25) is 0 Å². The van der Waals surface area contributed by atoms with Crippen LogP contribution < -0.4 is 0 Å². The summed E-state index contributed by atoms with van der Waals surface area (Å²) in [7, 11) is 0. The highest BCUT2D eigenvalue weighted by molar-refractivity contribution is 5.91. The van der Waals surface area contributed by atoms with Crippen LogP contribution in [0.15, 0.2) is 29.2 Å². The van der Waals surface area contributed by atoms with E-state index in [0.29, 0.717) is 32.1 Å². The van der Waals surface area contributed by atoms with E-state index in [2.05, 4.69) is 15.1 Å². The van der Waals surface area contributed by atoms with Gasteiger partial charge in [-0.3, -0.25) is 14.8 Å². The normalized spacial score (nSPS) is 18.7. The van der Waals surface area contributed by atoms with Gasteiger partial charge in [0.15, 0.2) is 0 Å². The summed E-state index contributed by atoms with van der Waals surface area (Å²) in [5.74, 6) is 0.348. The lowest BCUT2D eigenvalue weighted by Gasteiger charge is -2.22. The van der Waals surface area contributed by atoms with Gasteiger partial charge in [0.1, 0.15) is 0 Å². The van der Waals surface area contributed by atoms with E-state index in [-0.39, 0.29) is 11.8 Å². The number of aromatic nitrogens is 3. The van der Waals surface area contributed by atoms with E-state index in [4.69, 9.17) is 9.26 Å². The Bertz CT molecular complexity index is 644. The molecular formula is C16H20N4O3. The van der Waals surface area contributed by atoms with Crippen LogP contribution >= 0.6 is 0 Å². The van der Waals surface area contributed by atoms with Crippen molar-refractivity contribution in [2.45, 2.75) is 19.8 Å². The maximum Gasteiger partial charge on any atom is 0.292 e. The molecule has 122 valence electrons. The van der Waals surface area contributed by atoms with Crippen LogP contribution in [0.4, 0.5) is 0 Å². The number of ether oxygens (including phenoxy) is 1. The average molecular weight is 316 g/mol. The molecule has 7 heteroatoms. The molecule has 1 atom stereocenters. The van der Waals surface area contributed by atoms with Crippen LogP contribution in [0.25, 0.3) is 0 Å². The van der Waals surface area contributed by atoms with Gasteiger partial charge in [-0.05, 0) is 12.8 Å². The second-order valence-corrected chi connectivity index (χ2v) is 5.63. The topological polar surface area (TPSA) is 81.4 Å². The van der Waals surface area contributed by atoms with Crippen LogP contribution in [0.3, 0.4) is 0 Å². The van der Waals surface area contributed by atoms with Gasteiger partial charge < -0.3 is 14.2 Å². The third-order valence-corrected chi connectivity index (χ3v) is 3.87. The van der Waals surface area contributed by atoms with Gasteiger partial charge in [0.25, 0.3) is 5.91 Å². The molecule has 1 aliphatic heterocycles. The number of hydrogen-bond donors (Lipinski definition) is 0. The van der Waals surface area contributed by atoms with Crippen molar-refractivity contribution in [2.75, 3.05) is 26.3 Å². The summed E-state index contributed by atoms with van der Waals surface area (Å²) in [4.78, 5) is 22.7. The lowest BCUT2D eigenvalue weighted by Crippen LogP contribution is -2.36. The Hall–Kier alpha value is -2.28. The van der Waals surface area contributed by atoms with Gasteiger partial charge in [-0.25, -0.2) is 0 Å². The summed E-state index contributed by atoms with van der Waals surface area (Å²) in [5.41, 5.74) is 1.69. The molecule has 0 spiro atoms. The Morgan fingerprint density at radius 3 is 3.04 bits per heavy atom. The van der Waals surface area contributed by atoms with Crippen LogP contribution in [-0.2, 0) is 17.6 Å². The molecule has 0 bridgehead atoms. The fourth-order valence-electron chi connectivity index (χ4n) is 2.65. The predicted octanol–water partition coefficient (Wildman–Crippen LogP) is 1.36. The molecule has 2 aromatic heterocycles. The van der Waals surface area contributed by atoms with Crippen LogP contribution in [0.1, 0.15) is 28.9 Å². The molecule has 0 saturated carbocycles. The second-order valence-electron chi connectivity index (χ2n) is 5.63. The van der Waals surface area contributed by atoms with Crippen LogP contribution in [0, 0.1) is 5.92 Å². The van der Waals surface area contributed by atoms with Crippen molar-refractivity contribution in [1.82, 2.24) is 20.0 Å². The van der Waals surface area contributed by atoms with Gasteiger partial charge >= 0.3 is 0 Å². The average Bonchev–Trinajstić information content (AvgIpc) is 2.95. The van der Waals surface area contributed by atoms with E-state index < -0.39 is 0 Å². The molecule has 3 heterocycles. The summed E-state index contributed by atoms with van der Waals surface area (Å²) < 4.78 is 10.8. The number of amides is 1. The highest BCUT2D eigenvalue weighted by Gasteiger charge is 2.26. The zero-order valence-corrected chi connectivity index (χ0v) is 13.1. The number of hydrogen-bond acceptors (Lipinski definition) is 6. The third-order valence-electron chi connectivity index (χ3n) is 3.87. The van der Waals surface area contributed by atoms with Gasteiger partial charge in [-0.15, -0.1) is 0 Å². The number of carbonyl (C=O) groups excluding carboxylic acids is 1. The first-order valence-electron chi connectivity index (χ1n) is 7.83. The highest BCUT2D eigenvalue weighted by Crippen LogP contribution is 2.15. The van der Waals surface area contributed by atoms with Crippen LogP contribution in [-0.4, -0.2) is 52.2 Å². The maximum atomic E-state index is 12.6. The summed E-state index contributed by atoms with van der Waals surface area (Å²) in [5, 5.41) is 3.89. The molecule has 0 N–H and O–H groups in total. The maximum absolute atomic E-state index is 12.6. The number of nitrogens with zero attached hydrogens (tertiary/aromatic N) is 4. The second kappa shape index (κ2) is 7.32. The first-order chi connectivity index (χ1) is 11.3. The Labute approximate surface area is 134 Å². The van der Waals surface area contributed by atoms with E-state index >= 15 is 0 Å². The Morgan fingerprint density at radius 1 is 1.39 bits per heavy atom. The van der Waals surface area contributed by atoms with E-state index in [0.717, 1.165) is 24.2 Å². The zero-order valence-electron chi connectivity index (χ0n) is 13.1. The minimum atomic E-state index is -0.133. The van der Waals surface area contributed by atoms with Crippen molar-refractivity contribution in [3.05, 3.63) is 41.8 Å². The lowest BCUT2D eigenvalue weighted by molar-refractivity contribution is 0.0695. The Balaban J connectivity index is 1.68. The van der Waals surface area contributed by atoms with E-state index in [1.165, 1.54) is 0 Å². The number of carbonyl (C=O) groups is 1. The monoisotopic (exact) mass is 316 g/mol. The smallest absolute Gasteiger partial charge is 0.292 e. The van der Waals surface area contributed by atoms with Gasteiger partial charge in [0.05, 0.1) is 24.6 Å². The summed E-state index contributed by atoms with van der Waals surface area (Å²) in [6, 6.07) is 1.71. The Morgan fingerprint density at radius 2 is 2.30 bits per heavy atom. The first-order valence-corrected chi connectivity index (χ1v) is 7.83. The highest BCUT2D eigenvalue weighted by atomic mass is 16.5. The minimum Gasteiger partial charge on any atom is -0.379 e. The van der Waals surface area contributed by atoms with Gasteiger partial charge in [-0.1, -0.05) is 12.1 Å². The van der Waals surface area contributed by atoms with E-state index in [1.54, 1.807) is 29.6 Å². The van der Waals surface area contributed by atoms with Crippen molar-refractivity contribution < 1.29 is 14.1 Å². The van der Waals surface area contributed by atoms with Crippen molar-refractivity contribution in [3.63, 3.8) is 0 Å². The molecule has 0 aromatic carbocycles. The molecule has 3 rings (SSSR count). The van der Waals surface area contributed by atoms with Crippen LogP contribution in [0.5, 0.6) is 0 Å². The van der Waals surface area contributed by atoms with E-state index in [9.17, 15) is 4.79 Å². The molecule has 0 unspecified atom stereocenters. The van der Waals surface area contributed by atoms with Crippen molar-refractivity contribution in [3.8, 4) is 0 Å². The summed E-state index contributed by atoms with van der Waals surface area (Å²) in [6.07, 6.45) is 6.55. The van der Waals surface area contributed by atoms with Gasteiger partial charge in [0.2, 0.25) is 5.76 Å². The first kappa shape index (κ1) is 15.6. The largest absolute Gasteiger partial charge is 0.379 e. The van der Waals surface area contributed by atoms with Crippen molar-refractivity contribution in [2.24, 2.45) is 5.92 Å². The number of aryl methyl sites for hydroxylation is 1. The SMILES string of the molecule is CCc1cc(C(=O)N2CCOC[C@H](Cc3cnccn3)C2)on1. The molecule has 0 aliphatic carbocycles. The van der Waals surface area contributed by atoms with Crippen molar-refractivity contribution in [1.29, 1.82) is 0 Å². The lowest BCUT2D eigenvalue weighted by atomic mass is 10.0. The molecule has 1 saturated heterocycles. The summed E-state index contributed by atoms with van der Waals surface area (Å²) in [6.45, 7) is 4.27. The molecule has 2 aromatic rings. The molecule has 0 radical (unpaired) electrons. The molecule has 7 nitrogen and oxygen atoms in total. The predicted molar refractivity (Wildman–Crippen MR) is 81.8 cm³/mol. The van der Waals surface area contributed by atoms with Crippen molar-refractivity contribution >= 4 is 5.91 Å². The number of rotatable bonds is 4. The summed E-state index contributed by atoms with van der Waals surface area (Å²) >= 11 is 0. The molecule has 1 amide bonds. The fourth-order valence-corrected chi connectivity index (χ4v) is 2.65. The Kier molecular flexibility index (Phi) is 4.97. The molecular weight excluding hydrogens is 296 g/mol.